The molecule has 1 aliphatic carbocycles. The van der Waals surface area contributed by atoms with Crippen LogP contribution in [-0.2, 0) is 6.42 Å². The van der Waals surface area contributed by atoms with E-state index in [1.165, 1.54) is 19.3 Å². The van der Waals surface area contributed by atoms with Gasteiger partial charge < -0.3 is 9.73 Å². The Labute approximate surface area is 127 Å². The Morgan fingerprint density at radius 1 is 1.33 bits per heavy atom. The zero-order valence-electron chi connectivity index (χ0n) is 13.6. The van der Waals surface area contributed by atoms with Crippen LogP contribution in [0.15, 0.2) is 22.6 Å². The third-order valence-electron chi connectivity index (χ3n) is 4.49. The van der Waals surface area contributed by atoms with E-state index in [1.807, 2.05) is 6.07 Å². The molecule has 0 radical (unpaired) electrons. The average molecular weight is 286 g/mol. The molecule has 0 amide bonds. The summed E-state index contributed by atoms with van der Waals surface area (Å²) in [4.78, 5) is 4.52. The number of nitrogens with zero attached hydrogens (tertiary/aromatic N) is 1. The van der Waals surface area contributed by atoms with Crippen LogP contribution in [0.25, 0.3) is 11.1 Å². The van der Waals surface area contributed by atoms with Gasteiger partial charge in [-0.25, -0.2) is 4.98 Å². The van der Waals surface area contributed by atoms with Gasteiger partial charge in [-0.2, -0.15) is 0 Å². The van der Waals surface area contributed by atoms with Crippen molar-refractivity contribution < 1.29 is 4.42 Å². The van der Waals surface area contributed by atoms with Gasteiger partial charge in [0.1, 0.15) is 5.52 Å². The van der Waals surface area contributed by atoms with Crippen molar-refractivity contribution in [3.05, 3.63) is 24.1 Å². The molecule has 0 spiro atoms. The minimum atomic E-state index is 0.433. The van der Waals surface area contributed by atoms with Crippen molar-refractivity contribution in [1.29, 1.82) is 0 Å². The van der Waals surface area contributed by atoms with Gasteiger partial charge in [0.15, 0.2) is 11.5 Å². The van der Waals surface area contributed by atoms with Crippen LogP contribution < -0.4 is 5.32 Å². The lowest BCUT2D eigenvalue weighted by Gasteiger charge is -2.39. The largest absolute Gasteiger partial charge is 0.441 e. The monoisotopic (exact) mass is 286 g/mol. The summed E-state index contributed by atoms with van der Waals surface area (Å²) in [7, 11) is 0. The van der Waals surface area contributed by atoms with Crippen molar-refractivity contribution >= 4 is 16.8 Å². The van der Waals surface area contributed by atoms with E-state index in [-0.39, 0.29) is 0 Å². The first kappa shape index (κ1) is 14.4. The maximum absolute atomic E-state index is 5.67. The second-order valence-electron chi connectivity index (χ2n) is 7.40. The third kappa shape index (κ3) is 3.22. The molecular weight excluding hydrogens is 260 g/mol. The van der Waals surface area contributed by atoms with Crippen molar-refractivity contribution in [3.8, 4) is 0 Å². The van der Waals surface area contributed by atoms with Gasteiger partial charge in [-0.1, -0.05) is 27.7 Å². The molecule has 3 nitrogen and oxygen atoms in total. The van der Waals surface area contributed by atoms with Crippen molar-refractivity contribution in [2.24, 2.45) is 11.3 Å². The SMILES string of the molecule is CCc1nc2cc(NC3CC(C)CC(C)(C)C3)ccc2o1. The molecule has 1 aromatic carbocycles. The molecule has 0 aliphatic heterocycles. The summed E-state index contributed by atoms with van der Waals surface area (Å²) in [6.07, 6.45) is 4.65. The molecular formula is C18H26N2O. The van der Waals surface area contributed by atoms with E-state index in [2.05, 4.69) is 50.1 Å². The highest BCUT2D eigenvalue weighted by atomic mass is 16.3. The fourth-order valence-electron chi connectivity index (χ4n) is 3.91. The van der Waals surface area contributed by atoms with Gasteiger partial charge in [-0.15, -0.1) is 0 Å². The molecule has 2 unspecified atom stereocenters. The van der Waals surface area contributed by atoms with Crippen LogP contribution in [0, 0.1) is 11.3 Å². The molecule has 1 fully saturated rings. The number of aromatic nitrogens is 1. The fraction of sp³-hybridized carbons (Fsp3) is 0.611. The normalized spacial score (nSPS) is 25.1. The number of aryl methyl sites for hydroxylation is 1. The quantitative estimate of drug-likeness (QED) is 0.861. The zero-order valence-corrected chi connectivity index (χ0v) is 13.6. The highest BCUT2D eigenvalue weighted by Crippen LogP contribution is 2.39. The lowest BCUT2D eigenvalue weighted by Crippen LogP contribution is -2.35. The molecule has 1 aromatic heterocycles. The van der Waals surface area contributed by atoms with E-state index in [0.717, 1.165) is 35.0 Å². The molecule has 1 aliphatic rings. The van der Waals surface area contributed by atoms with Crippen molar-refractivity contribution in [3.63, 3.8) is 0 Å². The molecule has 21 heavy (non-hydrogen) atoms. The second-order valence-corrected chi connectivity index (χ2v) is 7.40. The number of rotatable bonds is 3. The molecule has 0 saturated heterocycles. The lowest BCUT2D eigenvalue weighted by molar-refractivity contribution is 0.178. The van der Waals surface area contributed by atoms with Gasteiger partial charge >= 0.3 is 0 Å². The van der Waals surface area contributed by atoms with Gasteiger partial charge in [0.25, 0.3) is 0 Å². The standard InChI is InChI=1S/C18H26N2O/c1-5-17-20-15-9-13(6-7-16(15)21-17)19-14-8-12(2)10-18(3,4)11-14/h6-7,9,12,14,19H,5,8,10-11H2,1-4H3. The first-order valence-electron chi connectivity index (χ1n) is 8.11. The van der Waals surface area contributed by atoms with E-state index in [4.69, 9.17) is 4.42 Å². The topological polar surface area (TPSA) is 38.1 Å². The molecule has 2 aromatic rings. The molecule has 114 valence electrons. The van der Waals surface area contributed by atoms with Crippen molar-refractivity contribution in [1.82, 2.24) is 4.98 Å². The number of anilines is 1. The van der Waals surface area contributed by atoms with Crippen LogP contribution >= 0.6 is 0 Å². The van der Waals surface area contributed by atoms with E-state index >= 15 is 0 Å². The van der Waals surface area contributed by atoms with Crippen LogP contribution in [-0.4, -0.2) is 11.0 Å². The average Bonchev–Trinajstić information content (AvgIpc) is 2.78. The maximum atomic E-state index is 5.67. The zero-order chi connectivity index (χ0) is 15.0. The Bertz CT molecular complexity index is 629. The minimum absolute atomic E-state index is 0.433. The molecule has 3 heteroatoms. The van der Waals surface area contributed by atoms with E-state index < -0.39 is 0 Å². The summed E-state index contributed by atoms with van der Waals surface area (Å²) < 4.78 is 5.67. The smallest absolute Gasteiger partial charge is 0.195 e. The van der Waals surface area contributed by atoms with Crippen molar-refractivity contribution in [2.45, 2.75) is 59.4 Å². The van der Waals surface area contributed by atoms with Crippen LogP contribution in [0.1, 0.15) is 52.8 Å². The summed E-state index contributed by atoms with van der Waals surface area (Å²) >= 11 is 0. The lowest BCUT2D eigenvalue weighted by atomic mass is 9.70. The molecule has 1 heterocycles. The number of nitrogens with one attached hydrogen (secondary N) is 1. The molecule has 0 bridgehead atoms. The molecule has 1 saturated carbocycles. The number of hydrogen-bond donors (Lipinski definition) is 1. The van der Waals surface area contributed by atoms with Crippen molar-refractivity contribution in [2.75, 3.05) is 5.32 Å². The predicted octanol–water partition coefficient (Wildman–Crippen LogP) is 5.02. The van der Waals surface area contributed by atoms with Crippen LogP contribution in [0.2, 0.25) is 0 Å². The van der Waals surface area contributed by atoms with Crippen LogP contribution in [0.3, 0.4) is 0 Å². The molecule has 1 N–H and O–H groups in total. The molecule has 2 atom stereocenters. The number of hydrogen-bond acceptors (Lipinski definition) is 3. The van der Waals surface area contributed by atoms with Crippen LogP contribution in [0.4, 0.5) is 5.69 Å². The number of oxazole rings is 1. The number of benzene rings is 1. The maximum Gasteiger partial charge on any atom is 0.195 e. The highest BCUT2D eigenvalue weighted by Gasteiger charge is 2.31. The Morgan fingerprint density at radius 3 is 2.86 bits per heavy atom. The van der Waals surface area contributed by atoms with Gasteiger partial charge in [-0.3, -0.25) is 0 Å². The first-order chi connectivity index (χ1) is 9.95. The summed E-state index contributed by atoms with van der Waals surface area (Å²) in [5.41, 5.74) is 3.44. The van der Waals surface area contributed by atoms with E-state index in [0.29, 0.717) is 11.5 Å². The predicted molar refractivity (Wildman–Crippen MR) is 87.6 cm³/mol. The second kappa shape index (κ2) is 5.36. The van der Waals surface area contributed by atoms with E-state index in [1.54, 1.807) is 0 Å². The third-order valence-corrected chi connectivity index (χ3v) is 4.49. The Kier molecular flexibility index (Phi) is 3.68. The van der Waals surface area contributed by atoms with Gasteiger partial charge in [0, 0.05) is 18.2 Å². The Balaban J connectivity index is 1.78. The summed E-state index contributed by atoms with van der Waals surface area (Å²) in [6.45, 7) is 9.19. The summed E-state index contributed by atoms with van der Waals surface area (Å²) in [5, 5.41) is 3.70. The summed E-state index contributed by atoms with van der Waals surface area (Å²) in [6, 6.07) is 6.81. The fourth-order valence-corrected chi connectivity index (χ4v) is 3.91. The first-order valence-corrected chi connectivity index (χ1v) is 8.11. The Morgan fingerprint density at radius 2 is 2.14 bits per heavy atom. The molecule has 3 rings (SSSR count). The van der Waals surface area contributed by atoms with Gasteiger partial charge in [0.2, 0.25) is 0 Å². The van der Waals surface area contributed by atoms with Gasteiger partial charge in [-0.05, 0) is 48.8 Å². The summed E-state index contributed by atoms with van der Waals surface area (Å²) in [5.74, 6) is 1.60. The van der Waals surface area contributed by atoms with E-state index in [9.17, 15) is 0 Å². The number of fused-ring (bicyclic) bond motifs is 1. The Hall–Kier alpha value is -1.51. The van der Waals surface area contributed by atoms with Crippen LogP contribution in [0.5, 0.6) is 0 Å². The highest BCUT2D eigenvalue weighted by molar-refractivity contribution is 5.77. The van der Waals surface area contributed by atoms with Gasteiger partial charge in [0.05, 0.1) is 0 Å². The minimum Gasteiger partial charge on any atom is -0.441 e.